The molecule has 3 N–H and O–H groups in total. The number of nitrogens with two attached hydrogens (primary N) is 1. The molecule has 0 atom stereocenters. The minimum Gasteiger partial charge on any atom is -0.384 e. The van der Waals surface area contributed by atoms with Gasteiger partial charge in [0.2, 0.25) is 0 Å². The molecule has 0 fully saturated rings. The first kappa shape index (κ1) is 13.2. The lowest BCUT2D eigenvalue weighted by molar-refractivity contribution is 0.0951. The van der Waals surface area contributed by atoms with Crippen molar-refractivity contribution < 1.29 is 4.79 Å². The summed E-state index contributed by atoms with van der Waals surface area (Å²) in [5.41, 5.74) is 6.89. The number of halogens is 2. The molecule has 0 saturated heterocycles. The number of amides is 1. The van der Waals surface area contributed by atoms with Gasteiger partial charge >= 0.3 is 0 Å². The Hall–Kier alpha value is -1.24. The lowest BCUT2D eigenvalue weighted by atomic mass is 10.3. The van der Waals surface area contributed by atoms with Gasteiger partial charge < -0.3 is 11.1 Å². The van der Waals surface area contributed by atoms with Crippen LogP contribution in [0.1, 0.15) is 15.9 Å². The second-order valence-corrected chi connectivity index (χ2v) is 5.88. The topological polar surface area (TPSA) is 72.9 Å². The second kappa shape index (κ2) is 5.17. The van der Waals surface area contributed by atoms with Crippen molar-refractivity contribution in [1.82, 2.24) is 15.1 Å². The maximum absolute atomic E-state index is 11.9. The Morgan fingerprint density at radius 1 is 1.61 bits per heavy atom. The molecule has 2 aromatic rings. The number of nitrogen functional groups attached to an aromatic ring is 1. The van der Waals surface area contributed by atoms with E-state index in [2.05, 4.69) is 10.4 Å². The highest BCUT2D eigenvalue weighted by Crippen LogP contribution is 2.31. The van der Waals surface area contributed by atoms with Crippen LogP contribution in [0.15, 0.2) is 12.3 Å². The molecule has 5 nitrogen and oxygen atoms in total. The van der Waals surface area contributed by atoms with Crippen LogP contribution in [-0.4, -0.2) is 15.7 Å². The Morgan fingerprint density at radius 3 is 2.83 bits per heavy atom. The van der Waals surface area contributed by atoms with Gasteiger partial charge in [-0.15, -0.1) is 11.3 Å². The summed E-state index contributed by atoms with van der Waals surface area (Å²) in [5, 5.41) is 6.70. The third-order valence-electron chi connectivity index (χ3n) is 2.41. The van der Waals surface area contributed by atoms with E-state index >= 15 is 0 Å². The summed E-state index contributed by atoms with van der Waals surface area (Å²) >= 11 is 12.8. The van der Waals surface area contributed by atoms with Crippen LogP contribution in [0.4, 0.5) is 5.82 Å². The monoisotopic (exact) mass is 304 g/mol. The van der Waals surface area contributed by atoms with E-state index in [0.29, 0.717) is 26.6 Å². The van der Waals surface area contributed by atoms with Crippen LogP contribution in [0.3, 0.4) is 0 Å². The van der Waals surface area contributed by atoms with Crippen LogP contribution >= 0.6 is 34.5 Å². The number of nitrogens with one attached hydrogen (secondary N) is 1. The number of carbonyl (C=O) groups is 1. The molecule has 0 aromatic carbocycles. The molecule has 0 radical (unpaired) electrons. The zero-order valence-electron chi connectivity index (χ0n) is 9.41. The van der Waals surface area contributed by atoms with Crippen molar-refractivity contribution in [2.45, 2.75) is 6.54 Å². The summed E-state index contributed by atoms with van der Waals surface area (Å²) in [6.45, 7) is 0.294. The molecular formula is C10H10Cl2N4OS. The van der Waals surface area contributed by atoms with Crippen molar-refractivity contribution in [2.75, 3.05) is 5.73 Å². The molecule has 18 heavy (non-hydrogen) atoms. The molecule has 0 aliphatic rings. The molecule has 8 heteroatoms. The Balaban J connectivity index is 2.05. The normalized spacial score (nSPS) is 10.6. The number of nitrogens with zero attached hydrogens (tertiary/aromatic N) is 2. The van der Waals surface area contributed by atoms with Gasteiger partial charge in [0, 0.05) is 19.2 Å². The number of thiophene rings is 1. The fourth-order valence-corrected chi connectivity index (χ4v) is 2.85. The number of rotatable bonds is 3. The average molecular weight is 305 g/mol. The molecule has 0 spiro atoms. The van der Waals surface area contributed by atoms with Gasteiger partial charge in [-0.2, -0.15) is 5.10 Å². The van der Waals surface area contributed by atoms with Crippen LogP contribution in [0.2, 0.25) is 8.67 Å². The molecule has 2 heterocycles. The number of hydrogen-bond donors (Lipinski definition) is 2. The van der Waals surface area contributed by atoms with E-state index in [0.717, 1.165) is 16.9 Å². The summed E-state index contributed by atoms with van der Waals surface area (Å²) in [5.74, 6) is 0.233. The number of carbonyl (C=O) groups excluding carboxylic acids is 1. The van der Waals surface area contributed by atoms with Crippen molar-refractivity contribution in [1.29, 1.82) is 0 Å². The highest BCUT2D eigenvalue weighted by Gasteiger charge is 2.14. The highest BCUT2D eigenvalue weighted by atomic mass is 35.5. The predicted molar refractivity (Wildman–Crippen MR) is 73.1 cm³/mol. The van der Waals surface area contributed by atoms with Gasteiger partial charge in [-0.1, -0.05) is 23.2 Å². The van der Waals surface area contributed by atoms with Crippen LogP contribution in [0.5, 0.6) is 0 Å². The Labute approximate surface area is 117 Å². The minimum absolute atomic E-state index is 0.286. The summed E-state index contributed by atoms with van der Waals surface area (Å²) in [7, 11) is 1.73. The van der Waals surface area contributed by atoms with Crippen molar-refractivity contribution in [3.63, 3.8) is 0 Å². The van der Waals surface area contributed by atoms with Crippen molar-refractivity contribution in [3.8, 4) is 0 Å². The van der Waals surface area contributed by atoms with Crippen molar-refractivity contribution >= 4 is 46.3 Å². The van der Waals surface area contributed by atoms with E-state index in [1.54, 1.807) is 13.2 Å². The van der Waals surface area contributed by atoms with Gasteiger partial charge in [0.1, 0.15) is 10.2 Å². The molecule has 0 aliphatic heterocycles. The molecular weight excluding hydrogens is 295 g/mol. The fraction of sp³-hybridized carbons (Fsp3) is 0.200. The largest absolute Gasteiger partial charge is 0.384 e. The number of hydrogen-bond acceptors (Lipinski definition) is 4. The van der Waals surface area contributed by atoms with Crippen LogP contribution in [0, 0.1) is 0 Å². The number of aryl methyl sites for hydroxylation is 1. The van der Waals surface area contributed by atoms with E-state index in [9.17, 15) is 4.79 Å². The number of anilines is 1. The average Bonchev–Trinajstić information content (AvgIpc) is 2.81. The van der Waals surface area contributed by atoms with Gasteiger partial charge in [-0.3, -0.25) is 9.48 Å². The standard InChI is InChI=1S/C10H10Cl2N4OS/c1-16-9(13)5(4-15-16)3-14-10(17)6-2-7(11)18-8(6)12/h2,4H,3,13H2,1H3,(H,14,17). The second-order valence-electron chi connectivity index (χ2n) is 3.60. The Bertz CT molecular complexity index is 593. The Morgan fingerprint density at radius 2 is 2.33 bits per heavy atom. The molecule has 2 aromatic heterocycles. The van der Waals surface area contributed by atoms with Gasteiger partial charge in [-0.05, 0) is 6.07 Å². The highest BCUT2D eigenvalue weighted by molar-refractivity contribution is 7.20. The summed E-state index contributed by atoms with van der Waals surface area (Å²) in [4.78, 5) is 11.9. The fourth-order valence-electron chi connectivity index (χ4n) is 1.39. The minimum atomic E-state index is -0.286. The molecule has 2 rings (SSSR count). The summed E-state index contributed by atoms with van der Waals surface area (Å²) < 4.78 is 2.39. The quantitative estimate of drug-likeness (QED) is 0.914. The van der Waals surface area contributed by atoms with Crippen molar-refractivity contribution in [3.05, 3.63) is 32.1 Å². The first-order valence-electron chi connectivity index (χ1n) is 4.98. The van der Waals surface area contributed by atoms with Gasteiger partial charge in [0.25, 0.3) is 5.91 Å². The van der Waals surface area contributed by atoms with E-state index in [-0.39, 0.29) is 5.91 Å². The molecule has 1 amide bonds. The van der Waals surface area contributed by atoms with E-state index in [1.165, 1.54) is 10.7 Å². The summed E-state index contributed by atoms with van der Waals surface area (Å²) in [6.07, 6.45) is 1.61. The van der Waals surface area contributed by atoms with Crippen LogP contribution in [-0.2, 0) is 13.6 Å². The lowest BCUT2D eigenvalue weighted by Gasteiger charge is -2.03. The molecule has 96 valence electrons. The summed E-state index contributed by atoms with van der Waals surface area (Å²) in [6, 6.07) is 1.54. The van der Waals surface area contributed by atoms with E-state index < -0.39 is 0 Å². The van der Waals surface area contributed by atoms with Crippen molar-refractivity contribution in [2.24, 2.45) is 7.05 Å². The molecule has 0 unspecified atom stereocenters. The van der Waals surface area contributed by atoms with Crippen LogP contribution < -0.4 is 11.1 Å². The maximum atomic E-state index is 11.9. The number of aromatic nitrogens is 2. The van der Waals surface area contributed by atoms with E-state index in [4.69, 9.17) is 28.9 Å². The van der Waals surface area contributed by atoms with Gasteiger partial charge in [0.15, 0.2) is 0 Å². The smallest absolute Gasteiger partial charge is 0.253 e. The molecule has 0 aliphatic carbocycles. The van der Waals surface area contributed by atoms with Crippen LogP contribution in [0.25, 0.3) is 0 Å². The zero-order valence-corrected chi connectivity index (χ0v) is 11.7. The lowest BCUT2D eigenvalue weighted by Crippen LogP contribution is -2.22. The predicted octanol–water partition coefficient (Wildman–Crippen LogP) is 2.30. The Kier molecular flexibility index (Phi) is 3.79. The molecule has 0 bridgehead atoms. The first-order valence-corrected chi connectivity index (χ1v) is 6.55. The SMILES string of the molecule is Cn1ncc(CNC(=O)c2cc(Cl)sc2Cl)c1N. The van der Waals surface area contributed by atoms with Gasteiger partial charge in [0.05, 0.1) is 16.1 Å². The third kappa shape index (κ3) is 2.60. The first-order chi connectivity index (χ1) is 8.49. The maximum Gasteiger partial charge on any atom is 0.253 e. The van der Waals surface area contributed by atoms with E-state index in [1.807, 2.05) is 0 Å². The molecule has 0 saturated carbocycles. The van der Waals surface area contributed by atoms with Gasteiger partial charge in [-0.25, -0.2) is 0 Å². The zero-order chi connectivity index (χ0) is 13.3. The third-order valence-corrected chi connectivity index (χ3v) is 3.89.